The number of carbonyl (C=O) groups excluding carboxylic acids is 1. The van der Waals surface area contributed by atoms with Gasteiger partial charge in [0.15, 0.2) is 0 Å². The normalized spacial score (nSPS) is 11.2. The largest absolute Gasteiger partial charge is 0.548 e. The van der Waals surface area contributed by atoms with Crippen LogP contribution in [-0.2, 0) is 11.4 Å². The van der Waals surface area contributed by atoms with Crippen molar-refractivity contribution in [2.24, 2.45) is 0 Å². The minimum atomic E-state index is -1.25. The molecule has 1 unspecified atom stereocenters. The molecule has 3 aromatic rings. The summed E-state index contributed by atoms with van der Waals surface area (Å²) in [6.45, 7) is 0.392. The van der Waals surface area contributed by atoms with Gasteiger partial charge in [0.2, 0.25) is 0 Å². The predicted octanol–water partition coefficient (Wildman–Crippen LogP) is 3.04. The lowest BCUT2D eigenvalue weighted by Crippen LogP contribution is -2.34. The van der Waals surface area contributed by atoms with E-state index in [4.69, 9.17) is 10.00 Å². The Kier molecular flexibility index (Phi) is 5.70. The minimum Gasteiger partial charge on any atom is -0.548 e. The number of benzene rings is 3. The molecule has 3 aromatic carbocycles. The van der Waals surface area contributed by atoms with Gasteiger partial charge in [-0.1, -0.05) is 42.5 Å². The quantitative estimate of drug-likeness (QED) is 0.702. The summed E-state index contributed by atoms with van der Waals surface area (Å²) in [5, 5.41) is 23.4. The van der Waals surface area contributed by atoms with Crippen LogP contribution < -0.4 is 15.2 Å². The SMILES string of the molecule is N#Cc1ccc(NC(C(=O)[O-])c2cccc(OCc3ccccc3)c2)cc1. The van der Waals surface area contributed by atoms with E-state index in [1.807, 2.05) is 36.4 Å². The molecule has 0 spiro atoms. The van der Waals surface area contributed by atoms with Crippen molar-refractivity contribution >= 4 is 11.7 Å². The highest BCUT2D eigenvalue weighted by Gasteiger charge is 2.14. The third kappa shape index (κ3) is 4.86. The van der Waals surface area contributed by atoms with Crippen LogP contribution in [0.2, 0.25) is 0 Å². The van der Waals surface area contributed by atoms with Gasteiger partial charge in [0, 0.05) is 5.69 Å². The van der Waals surface area contributed by atoms with Crippen LogP contribution in [0.25, 0.3) is 0 Å². The first-order valence-electron chi connectivity index (χ1n) is 8.40. The second kappa shape index (κ2) is 8.54. The van der Waals surface area contributed by atoms with Gasteiger partial charge in [-0.2, -0.15) is 5.26 Å². The van der Waals surface area contributed by atoms with E-state index < -0.39 is 12.0 Å². The van der Waals surface area contributed by atoms with E-state index in [9.17, 15) is 9.90 Å². The number of hydrogen-bond acceptors (Lipinski definition) is 5. The molecule has 1 atom stereocenters. The van der Waals surface area contributed by atoms with Crippen LogP contribution in [0.5, 0.6) is 5.75 Å². The molecule has 3 rings (SSSR count). The summed E-state index contributed by atoms with van der Waals surface area (Å²) < 4.78 is 5.77. The van der Waals surface area contributed by atoms with Gasteiger partial charge in [0.05, 0.1) is 23.6 Å². The third-order valence-corrected chi connectivity index (χ3v) is 4.00. The van der Waals surface area contributed by atoms with Crippen molar-refractivity contribution in [3.05, 3.63) is 95.6 Å². The molecule has 0 heterocycles. The number of carboxylic acids is 1. The Morgan fingerprint density at radius 1 is 1.04 bits per heavy atom. The summed E-state index contributed by atoms with van der Waals surface area (Å²) in [6.07, 6.45) is 0. The molecule has 0 saturated carbocycles. The lowest BCUT2D eigenvalue weighted by atomic mass is 10.1. The van der Waals surface area contributed by atoms with Crippen LogP contribution in [0.1, 0.15) is 22.7 Å². The van der Waals surface area contributed by atoms with E-state index in [0.717, 1.165) is 5.56 Å². The molecule has 27 heavy (non-hydrogen) atoms. The van der Waals surface area contributed by atoms with Crippen LogP contribution in [0.15, 0.2) is 78.9 Å². The standard InChI is InChI=1S/C22H18N2O3/c23-14-16-9-11-19(12-10-16)24-21(22(25)26)18-7-4-8-20(13-18)27-15-17-5-2-1-3-6-17/h1-13,21,24H,15H2,(H,25,26)/p-1. The first-order chi connectivity index (χ1) is 13.2. The molecular formula is C22H17N2O3-. The number of nitrogens with zero attached hydrogens (tertiary/aromatic N) is 1. The molecule has 0 radical (unpaired) electrons. The van der Waals surface area contributed by atoms with Crippen molar-refractivity contribution in [1.82, 2.24) is 0 Å². The second-order valence-electron chi connectivity index (χ2n) is 5.93. The molecule has 5 heteroatoms. The topological polar surface area (TPSA) is 85.2 Å². The molecule has 0 aliphatic rings. The number of carboxylic acid groups (broad SMARTS) is 1. The number of nitrogens with one attached hydrogen (secondary N) is 1. The Morgan fingerprint density at radius 3 is 2.44 bits per heavy atom. The van der Waals surface area contributed by atoms with Crippen LogP contribution in [-0.4, -0.2) is 5.97 Å². The van der Waals surface area contributed by atoms with Crippen molar-refractivity contribution in [1.29, 1.82) is 5.26 Å². The molecule has 0 fully saturated rings. The number of aliphatic carboxylic acids is 1. The minimum absolute atomic E-state index is 0.392. The zero-order chi connectivity index (χ0) is 19.1. The van der Waals surface area contributed by atoms with Gasteiger partial charge >= 0.3 is 0 Å². The molecule has 134 valence electrons. The maximum Gasteiger partial charge on any atom is 0.120 e. The first kappa shape index (κ1) is 18.0. The van der Waals surface area contributed by atoms with Gasteiger partial charge in [-0.3, -0.25) is 0 Å². The fourth-order valence-electron chi connectivity index (χ4n) is 2.61. The fraction of sp³-hybridized carbons (Fsp3) is 0.0909. The Hall–Kier alpha value is -3.78. The van der Waals surface area contributed by atoms with E-state index in [1.54, 1.807) is 48.5 Å². The number of anilines is 1. The predicted molar refractivity (Wildman–Crippen MR) is 99.7 cm³/mol. The summed E-state index contributed by atoms with van der Waals surface area (Å²) in [4.78, 5) is 11.7. The van der Waals surface area contributed by atoms with E-state index in [2.05, 4.69) is 5.32 Å². The molecule has 1 N–H and O–H groups in total. The van der Waals surface area contributed by atoms with Crippen molar-refractivity contribution in [3.8, 4) is 11.8 Å². The summed E-state index contributed by atoms with van der Waals surface area (Å²) in [7, 11) is 0. The monoisotopic (exact) mass is 357 g/mol. The molecule has 0 aliphatic heterocycles. The van der Waals surface area contributed by atoms with Crippen molar-refractivity contribution in [3.63, 3.8) is 0 Å². The molecular weight excluding hydrogens is 340 g/mol. The average Bonchev–Trinajstić information content (AvgIpc) is 2.71. The maximum atomic E-state index is 11.7. The summed E-state index contributed by atoms with van der Waals surface area (Å²) >= 11 is 0. The summed E-state index contributed by atoms with van der Waals surface area (Å²) in [6, 6.07) is 24.2. The summed E-state index contributed by atoms with van der Waals surface area (Å²) in [5.41, 5.74) is 2.63. The van der Waals surface area contributed by atoms with Gasteiger partial charge in [-0.05, 0) is 47.5 Å². The number of ether oxygens (including phenoxy) is 1. The maximum absolute atomic E-state index is 11.7. The number of carbonyl (C=O) groups is 1. The second-order valence-corrected chi connectivity index (χ2v) is 5.93. The van der Waals surface area contributed by atoms with Gasteiger partial charge in [-0.15, -0.1) is 0 Å². The van der Waals surface area contributed by atoms with Crippen LogP contribution in [0, 0.1) is 11.3 Å². The van der Waals surface area contributed by atoms with Gasteiger partial charge in [0.25, 0.3) is 0 Å². The third-order valence-electron chi connectivity index (χ3n) is 4.00. The Bertz CT molecular complexity index is 947. The van der Waals surface area contributed by atoms with Crippen LogP contribution in [0.4, 0.5) is 5.69 Å². The summed E-state index contributed by atoms with van der Waals surface area (Å²) in [5.74, 6) is -0.677. The molecule has 0 bridgehead atoms. The highest BCUT2D eigenvalue weighted by atomic mass is 16.5. The van der Waals surface area contributed by atoms with Gasteiger partial charge < -0.3 is 20.0 Å². The van der Waals surface area contributed by atoms with E-state index >= 15 is 0 Å². The van der Waals surface area contributed by atoms with Crippen LogP contribution in [0.3, 0.4) is 0 Å². The van der Waals surface area contributed by atoms with Gasteiger partial charge in [0.1, 0.15) is 12.4 Å². The number of nitriles is 1. The molecule has 0 saturated heterocycles. The highest BCUT2D eigenvalue weighted by molar-refractivity contribution is 5.77. The van der Waals surface area contributed by atoms with E-state index in [1.165, 1.54) is 0 Å². The lowest BCUT2D eigenvalue weighted by molar-refractivity contribution is -0.307. The average molecular weight is 357 g/mol. The van der Waals surface area contributed by atoms with E-state index in [0.29, 0.717) is 29.2 Å². The van der Waals surface area contributed by atoms with E-state index in [-0.39, 0.29) is 0 Å². The Balaban J connectivity index is 1.75. The Labute approximate surface area is 157 Å². The number of hydrogen-bond donors (Lipinski definition) is 1. The molecule has 0 aliphatic carbocycles. The smallest absolute Gasteiger partial charge is 0.120 e. The van der Waals surface area contributed by atoms with Crippen LogP contribution >= 0.6 is 0 Å². The molecule has 0 aromatic heterocycles. The van der Waals surface area contributed by atoms with Crippen molar-refractivity contribution in [2.45, 2.75) is 12.6 Å². The molecule has 0 amide bonds. The lowest BCUT2D eigenvalue weighted by Gasteiger charge is -2.22. The highest BCUT2D eigenvalue weighted by Crippen LogP contribution is 2.24. The Morgan fingerprint density at radius 2 is 1.78 bits per heavy atom. The fourth-order valence-corrected chi connectivity index (χ4v) is 2.61. The molecule has 5 nitrogen and oxygen atoms in total. The zero-order valence-electron chi connectivity index (χ0n) is 14.5. The first-order valence-corrected chi connectivity index (χ1v) is 8.40. The van der Waals surface area contributed by atoms with Crippen molar-refractivity contribution in [2.75, 3.05) is 5.32 Å². The number of rotatable bonds is 7. The zero-order valence-corrected chi connectivity index (χ0v) is 14.5. The van der Waals surface area contributed by atoms with Gasteiger partial charge in [-0.25, -0.2) is 0 Å². The van der Waals surface area contributed by atoms with Crippen molar-refractivity contribution < 1.29 is 14.6 Å².